The molecule has 0 spiro atoms. The molecular formula is C23H25ClN2O4S. The van der Waals surface area contributed by atoms with Crippen LogP contribution in [0.2, 0.25) is 5.02 Å². The van der Waals surface area contributed by atoms with Crippen LogP contribution < -0.4 is 9.80 Å². The second kappa shape index (κ2) is 7.95. The Bertz CT molecular complexity index is 1170. The van der Waals surface area contributed by atoms with Crippen LogP contribution in [0.15, 0.2) is 41.3 Å². The van der Waals surface area contributed by atoms with Crippen molar-refractivity contribution in [2.75, 3.05) is 22.6 Å². The maximum absolute atomic E-state index is 13.2. The minimum absolute atomic E-state index is 0.0237. The molecule has 1 atom stereocenters. The first-order valence-electron chi connectivity index (χ1n) is 10.3. The van der Waals surface area contributed by atoms with Crippen LogP contribution in [0, 0.1) is 5.92 Å². The predicted molar refractivity (Wildman–Crippen MR) is 122 cm³/mol. The summed E-state index contributed by atoms with van der Waals surface area (Å²) >= 11 is 6.20. The van der Waals surface area contributed by atoms with E-state index in [0.29, 0.717) is 28.5 Å². The zero-order chi connectivity index (χ0) is 22.5. The molecule has 0 radical (unpaired) electrons. The normalized spacial score (nSPS) is 19.0. The third-order valence-electron chi connectivity index (χ3n) is 6.11. The highest BCUT2D eigenvalue weighted by molar-refractivity contribution is 7.90. The lowest BCUT2D eigenvalue weighted by atomic mass is 9.84. The van der Waals surface area contributed by atoms with Gasteiger partial charge in [0.2, 0.25) is 11.8 Å². The number of anilines is 2. The Hall–Kier alpha value is -2.38. The minimum Gasteiger partial charge on any atom is -0.308 e. The molecule has 0 saturated heterocycles. The third-order valence-corrected chi connectivity index (χ3v) is 7.42. The van der Waals surface area contributed by atoms with E-state index in [1.165, 1.54) is 13.0 Å². The number of fused-ring (bicyclic) bond motifs is 1. The van der Waals surface area contributed by atoms with Crippen molar-refractivity contribution < 1.29 is 18.0 Å². The van der Waals surface area contributed by atoms with Gasteiger partial charge in [-0.3, -0.25) is 9.59 Å². The second-order valence-electron chi connectivity index (χ2n) is 8.47. The average molecular weight is 461 g/mol. The average Bonchev–Trinajstić information content (AvgIpc) is 2.64. The summed E-state index contributed by atoms with van der Waals surface area (Å²) in [6, 6.07) is 10.1. The van der Waals surface area contributed by atoms with Crippen molar-refractivity contribution in [2.45, 2.75) is 44.0 Å². The molecule has 2 amide bonds. The lowest BCUT2D eigenvalue weighted by molar-refractivity contribution is -0.125. The second-order valence-corrected chi connectivity index (χ2v) is 10.9. The Kier molecular flexibility index (Phi) is 5.60. The van der Waals surface area contributed by atoms with E-state index < -0.39 is 9.84 Å². The Morgan fingerprint density at radius 3 is 2.32 bits per heavy atom. The first-order valence-corrected chi connectivity index (χ1v) is 12.6. The van der Waals surface area contributed by atoms with Crippen molar-refractivity contribution >= 4 is 44.6 Å². The van der Waals surface area contributed by atoms with Crippen LogP contribution >= 0.6 is 11.6 Å². The van der Waals surface area contributed by atoms with Crippen LogP contribution in [0.1, 0.15) is 33.1 Å². The topological polar surface area (TPSA) is 74.8 Å². The standard InChI is InChI=1S/C23H25ClN2O4S/c1-14-13-25(23(28)16-5-4-6-16)22-11-17(7-8-21(22)26(14)15(2)27)18-9-19(24)12-20(10-18)31(3,29)30/h7-12,14,16H,4-6,13H2,1-3H3. The lowest BCUT2D eigenvalue weighted by Gasteiger charge is -2.43. The number of amides is 2. The largest absolute Gasteiger partial charge is 0.308 e. The first-order chi connectivity index (χ1) is 14.6. The Balaban J connectivity index is 1.85. The third kappa shape index (κ3) is 4.08. The lowest BCUT2D eigenvalue weighted by Crippen LogP contribution is -2.53. The van der Waals surface area contributed by atoms with Gasteiger partial charge in [0.1, 0.15) is 0 Å². The summed E-state index contributed by atoms with van der Waals surface area (Å²) in [5.74, 6) is 0.0255. The molecule has 1 saturated carbocycles. The molecule has 1 unspecified atom stereocenters. The molecule has 4 rings (SSSR count). The number of carbonyl (C=O) groups excluding carboxylic acids is 2. The fraction of sp³-hybridized carbons (Fsp3) is 0.391. The molecular weight excluding hydrogens is 436 g/mol. The van der Waals surface area contributed by atoms with Crippen molar-refractivity contribution in [3.8, 4) is 11.1 Å². The van der Waals surface area contributed by atoms with Crippen LogP contribution in [0.25, 0.3) is 11.1 Å². The van der Waals surface area contributed by atoms with Crippen molar-refractivity contribution in [1.82, 2.24) is 0 Å². The number of hydrogen-bond acceptors (Lipinski definition) is 4. The molecule has 0 aromatic heterocycles. The van der Waals surface area contributed by atoms with E-state index in [4.69, 9.17) is 11.6 Å². The monoisotopic (exact) mass is 460 g/mol. The Morgan fingerprint density at radius 2 is 1.74 bits per heavy atom. The van der Waals surface area contributed by atoms with Crippen LogP contribution in [-0.4, -0.2) is 39.1 Å². The fourth-order valence-corrected chi connectivity index (χ4v) is 5.29. The zero-order valence-electron chi connectivity index (χ0n) is 17.8. The summed E-state index contributed by atoms with van der Waals surface area (Å²) in [5, 5.41) is 0.317. The van der Waals surface area contributed by atoms with Gasteiger partial charge in [0.05, 0.1) is 22.3 Å². The van der Waals surface area contributed by atoms with E-state index in [2.05, 4.69) is 0 Å². The van der Waals surface area contributed by atoms with Gasteiger partial charge in [-0.05, 0) is 61.2 Å². The minimum atomic E-state index is -3.43. The van der Waals surface area contributed by atoms with Crippen LogP contribution in [0.3, 0.4) is 0 Å². The van der Waals surface area contributed by atoms with Crippen molar-refractivity contribution in [3.63, 3.8) is 0 Å². The number of carbonyl (C=O) groups is 2. The van der Waals surface area contributed by atoms with Gasteiger partial charge >= 0.3 is 0 Å². The van der Waals surface area contributed by atoms with E-state index in [1.807, 2.05) is 25.1 Å². The molecule has 2 aliphatic rings. The van der Waals surface area contributed by atoms with Gasteiger partial charge in [0, 0.05) is 30.7 Å². The molecule has 31 heavy (non-hydrogen) atoms. The number of halogens is 1. The fourth-order valence-electron chi connectivity index (χ4n) is 4.31. The summed E-state index contributed by atoms with van der Waals surface area (Å²) < 4.78 is 24.1. The molecule has 0 bridgehead atoms. The van der Waals surface area contributed by atoms with Gasteiger partial charge in [-0.15, -0.1) is 0 Å². The van der Waals surface area contributed by atoms with Crippen LogP contribution in [-0.2, 0) is 19.4 Å². The molecule has 1 fully saturated rings. The highest BCUT2D eigenvalue weighted by atomic mass is 35.5. The number of hydrogen-bond donors (Lipinski definition) is 0. The summed E-state index contributed by atoms with van der Waals surface area (Å²) in [7, 11) is -3.43. The van der Waals surface area contributed by atoms with E-state index in [1.54, 1.807) is 21.9 Å². The van der Waals surface area contributed by atoms with E-state index in [9.17, 15) is 18.0 Å². The molecule has 1 aliphatic carbocycles. The summed E-state index contributed by atoms with van der Waals surface area (Å²) in [6.07, 6.45) is 3.98. The quantitative estimate of drug-likeness (QED) is 0.684. The van der Waals surface area contributed by atoms with E-state index in [-0.39, 0.29) is 28.7 Å². The number of benzene rings is 2. The van der Waals surface area contributed by atoms with Gasteiger partial charge in [-0.25, -0.2) is 8.42 Å². The van der Waals surface area contributed by atoms with Crippen molar-refractivity contribution in [3.05, 3.63) is 41.4 Å². The number of nitrogens with zero attached hydrogens (tertiary/aromatic N) is 2. The Labute approximate surface area is 187 Å². The van der Waals surface area contributed by atoms with Crippen LogP contribution in [0.4, 0.5) is 11.4 Å². The maximum atomic E-state index is 13.2. The van der Waals surface area contributed by atoms with Gasteiger partial charge < -0.3 is 9.80 Å². The first kappa shape index (κ1) is 21.8. The van der Waals surface area contributed by atoms with Crippen molar-refractivity contribution in [2.24, 2.45) is 5.92 Å². The molecule has 1 aliphatic heterocycles. The highest BCUT2D eigenvalue weighted by Gasteiger charge is 2.37. The summed E-state index contributed by atoms with van der Waals surface area (Å²) in [5.41, 5.74) is 2.73. The Morgan fingerprint density at radius 1 is 1.03 bits per heavy atom. The van der Waals surface area contributed by atoms with Gasteiger partial charge in [-0.2, -0.15) is 0 Å². The van der Waals surface area contributed by atoms with E-state index in [0.717, 1.165) is 31.1 Å². The van der Waals surface area contributed by atoms with Crippen LogP contribution in [0.5, 0.6) is 0 Å². The SMILES string of the molecule is CC(=O)N1c2ccc(-c3cc(Cl)cc(S(C)(=O)=O)c3)cc2N(C(=O)C2CCC2)CC1C. The highest BCUT2D eigenvalue weighted by Crippen LogP contribution is 2.41. The zero-order valence-corrected chi connectivity index (χ0v) is 19.3. The maximum Gasteiger partial charge on any atom is 0.230 e. The number of rotatable bonds is 3. The molecule has 2 aromatic carbocycles. The van der Waals surface area contributed by atoms with Gasteiger partial charge in [0.25, 0.3) is 0 Å². The van der Waals surface area contributed by atoms with Gasteiger partial charge in [0.15, 0.2) is 9.84 Å². The van der Waals surface area contributed by atoms with Crippen molar-refractivity contribution in [1.29, 1.82) is 0 Å². The molecule has 1 heterocycles. The molecule has 6 nitrogen and oxygen atoms in total. The summed E-state index contributed by atoms with van der Waals surface area (Å²) in [4.78, 5) is 29.1. The molecule has 0 N–H and O–H groups in total. The molecule has 8 heteroatoms. The van der Waals surface area contributed by atoms with E-state index >= 15 is 0 Å². The summed E-state index contributed by atoms with van der Waals surface area (Å²) in [6.45, 7) is 3.89. The molecule has 164 valence electrons. The van der Waals surface area contributed by atoms with Gasteiger partial charge in [-0.1, -0.05) is 24.1 Å². The molecule has 2 aromatic rings. The predicted octanol–water partition coefficient (Wildman–Crippen LogP) is 4.30. The smallest absolute Gasteiger partial charge is 0.230 e. The number of sulfone groups is 1.